The predicted octanol–water partition coefficient (Wildman–Crippen LogP) is 0.501. The van der Waals surface area contributed by atoms with Gasteiger partial charge < -0.3 is 40.1 Å². The molecule has 16 heteroatoms. The first kappa shape index (κ1) is 31.8. The second-order valence-corrected chi connectivity index (χ2v) is 10.5. The fraction of sp³-hybridized carbons (Fsp3) is 0.464. The van der Waals surface area contributed by atoms with Crippen LogP contribution in [0.25, 0.3) is 5.69 Å². The minimum atomic E-state index is -1.23. The van der Waals surface area contributed by atoms with Crippen molar-refractivity contribution in [1.29, 1.82) is 0 Å². The smallest absolute Gasteiger partial charge is 0.407 e. The molecule has 2 saturated heterocycles. The minimum Gasteiger partial charge on any atom is -0.481 e. The van der Waals surface area contributed by atoms with Crippen molar-refractivity contribution < 1.29 is 48.8 Å². The number of para-hydroxylation sites is 1. The summed E-state index contributed by atoms with van der Waals surface area (Å²) in [5, 5.41) is 34.8. The second kappa shape index (κ2) is 13.9. The van der Waals surface area contributed by atoms with E-state index in [1.165, 1.54) is 27.5 Å². The molecule has 236 valence electrons. The molecule has 0 aliphatic carbocycles. The highest BCUT2D eigenvalue weighted by Gasteiger charge is 2.37. The maximum atomic E-state index is 13.4. The third-order valence-corrected chi connectivity index (χ3v) is 7.49. The minimum absolute atomic E-state index is 0.00600. The first-order valence-corrected chi connectivity index (χ1v) is 14.1. The monoisotopic (exact) mass is 614 g/mol. The Labute approximate surface area is 251 Å². The number of nitrogens with zero attached hydrogens (tertiary/aromatic N) is 5. The van der Waals surface area contributed by atoms with Crippen LogP contribution in [0.15, 0.2) is 36.4 Å². The zero-order valence-electron chi connectivity index (χ0n) is 24.0. The van der Waals surface area contributed by atoms with Gasteiger partial charge in [-0.2, -0.15) is 5.10 Å². The van der Waals surface area contributed by atoms with Gasteiger partial charge in [0.15, 0.2) is 11.8 Å². The molecule has 16 nitrogen and oxygen atoms in total. The number of rotatable bonds is 11. The number of carbonyl (C=O) groups excluding carboxylic acids is 3. The van der Waals surface area contributed by atoms with Gasteiger partial charge in [0.05, 0.1) is 5.69 Å². The average Bonchev–Trinajstić information content (AvgIpc) is 3.67. The maximum Gasteiger partial charge on any atom is 0.407 e. The van der Waals surface area contributed by atoms with Crippen molar-refractivity contribution in [3.8, 4) is 11.6 Å². The Morgan fingerprint density at radius 1 is 0.955 bits per heavy atom. The molecule has 3 unspecified atom stereocenters. The number of benzene rings is 1. The molecule has 1 aromatic carbocycles. The molecule has 0 saturated carbocycles. The second-order valence-electron chi connectivity index (χ2n) is 10.5. The lowest BCUT2D eigenvalue weighted by Crippen LogP contribution is -2.55. The van der Waals surface area contributed by atoms with E-state index in [1.807, 2.05) is 0 Å². The van der Waals surface area contributed by atoms with E-state index in [2.05, 4.69) is 10.4 Å². The maximum absolute atomic E-state index is 13.4. The number of piperazine rings is 1. The number of carboxylic acids is 2. The first-order chi connectivity index (χ1) is 21.0. The van der Waals surface area contributed by atoms with Gasteiger partial charge in [0.2, 0.25) is 11.8 Å². The highest BCUT2D eigenvalue weighted by atomic mass is 16.5. The molecule has 4 amide bonds. The summed E-state index contributed by atoms with van der Waals surface area (Å²) in [7, 11) is 0. The normalized spacial score (nSPS) is 17.9. The fourth-order valence-electron chi connectivity index (χ4n) is 5.16. The highest BCUT2D eigenvalue weighted by Crippen LogP contribution is 2.24. The van der Waals surface area contributed by atoms with E-state index < -0.39 is 60.4 Å². The molecular formula is C28H34N6O10. The van der Waals surface area contributed by atoms with Gasteiger partial charge in [0, 0.05) is 45.2 Å². The van der Waals surface area contributed by atoms with Crippen LogP contribution in [0.3, 0.4) is 0 Å². The number of nitrogens with one attached hydrogen (secondary N) is 1. The first-order valence-electron chi connectivity index (χ1n) is 14.1. The van der Waals surface area contributed by atoms with Gasteiger partial charge in [0.25, 0.3) is 11.8 Å². The summed E-state index contributed by atoms with van der Waals surface area (Å²) in [5.41, 5.74) is 0.303. The van der Waals surface area contributed by atoms with Crippen molar-refractivity contribution in [3.05, 3.63) is 42.1 Å². The van der Waals surface area contributed by atoms with Crippen molar-refractivity contribution in [1.82, 2.24) is 29.8 Å². The Balaban J connectivity index is 1.55. The third-order valence-electron chi connectivity index (χ3n) is 7.49. The molecule has 0 spiro atoms. The van der Waals surface area contributed by atoms with E-state index >= 15 is 0 Å². The largest absolute Gasteiger partial charge is 0.481 e. The van der Waals surface area contributed by atoms with E-state index in [0.29, 0.717) is 18.5 Å². The molecule has 44 heavy (non-hydrogen) atoms. The van der Waals surface area contributed by atoms with Crippen LogP contribution < -0.4 is 10.1 Å². The van der Waals surface area contributed by atoms with Crippen LogP contribution >= 0.6 is 0 Å². The SMILES string of the molecule is CC(Oc1cc(C(=O)NC(CCC(=O)O)C(=O)N2CCN(C(=O)O)CC2)nn1-c1ccccc1)C(=O)N1CCCC1C(=O)O. The molecule has 0 radical (unpaired) electrons. The van der Waals surface area contributed by atoms with Crippen LogP contribution in [-0.4, -0.2) is 126 Å². The molecule has 4 N–H and O–H groups in total. The van der Waals surface area contributed by atoms with Gasteiger partial charge in [-0.25, -0.2) is 14.3 Å². The van der Waals surface area contributed by atoms with E-state index in [1.54, 1.807) is 30.3 Å². The van der Waals surface area contributed by atoms with Crippen molar-refractivity contribution >= 4 is 35.8 Å². The average molecular weight is 615 g/mol. The van der Waals surface area contributed by atoms with Crippen LogP contribution in [0, 0.1) is 0 Å². The van der Waals surface area contributed by atoms with Gasteiger partial charge in [-0.15, -0.1) is 0 Å². The quantitative estimate of drug-likeness (QED) is 0.274. The molecule has 1 aromatic heterocycles. The van der Waals surface area contributed by atoms with Crippen molar-refractivity contribution in [2.75, 3.05) is 32.7 Å². The van der Waals surface area contributed by atoms with Crippen LogP contribution in [0.2, 0.25) is 0 Å². The van der Waals surface area contributed by atoms with E-state index in [9.17, 15) is 44.1 Å². The van der Waals surface area contributed by atoms with Crippen LogP contribution in [-0.2, 0) is 19.2 Å². The molecule has 2 aromatic rings. The number of carbonyl (C=O) groups is 6. The topological polar surface area (TPSA) is 212 Å². The Hall–Kier alpha value is -5.15. The van der Waals surface area contributed by atoms with Gasteiger partial charge in [-0.3, -0.25) is 19.2 Å². The summed E-state index contributed by atoms with van der Waals surface area (Å²) in [6.07, 6.45) is -1.99. The molecule has 4 rings (SSSR count). The highest BCUT2D eigenvalue weighted by molar-refractivity contribution is 5.96. The zero-order valence-corrected chi connectivity index (χ0v) is 24.0. The number of aromatic nitrogens is 2. The Morgan fingerprint density at radius 3 is 2.23 bits per heavy atom. The van der Waals surface area contributed by atoms with Crippen LogP contribution in [0.1, 0.15) is 43.1 Å². The summed E-state index contributed by atoms with van der Waals surface area (Å²) in [5.74, 6) is -4.16. The summed E-state index contributed by atoms with van der Waals surface area (Å²) in [6, 6.07) is 7.67. The number of aliphatic carboxylic acids is 2. The number of ether oxygens (including phenoxy) is 1. The molecule has 2 aliphatic rings. The van der Waals surface area contributed by atoms with Crippen LogP contribution in [0.4, 0.5) is 4.79 Å². The summed E-state index contributed by atoms with van der Waals surface area (Å²) < 4.78 is 7.21. The fourth-order valence-corrected chi connectivity index (χ4v) is 5.16. The number of hydrogen-bond acceptors (Lipinski definition) is 8. The molecule has 3 atom stereocenters. The van der Waals surface area contributed by atoms with Crippen molar-refractivity contribution in [2.45, 2.75) is 50.8 Å². The molecule has 2 fully saturated rings. The lowest BCUT2D eigenvalue weighted by atomic mass is 10.1. The van der Waals surface area contributed by atoms with Crippen molar-refractivity contribution in [3.63, 3.8) is 0 Å². The van der Waals surface area contributed by atoms with E-state index in [4.69, 9.17) is 4.74 Å². The van der Waals surface area contributed by atoms with Gasteiger partial charge in [0.1, 0.15) is 12.1 Å². The third kappa shape index (κ3) is 7.43. The molecule has 0 bridgehead atoms. The summed E-state index contributed by atoms with van der Waals surface area (Å²) >= 11 is 0. The lowest BCUT2D eigenvalue weighted by Gasteiger charge is -2.35. The number of likely N-dealkylation sites (tertiary alicyclic amines) is 1. The zero-order chi connectivity index (χ0) is 32.0. The number of amides is 4. The van der Waals surface area contributed by atoms with E-state index in [-0.39, 0.29) is 50.7 Å². The Bertz CT molecular complexity index is 1400. The molecular weight excluding hydrogens is 580 g/mol. The Kier molecular flexibility index (Phi) is 10.0. The Morgan fingerprint density at radius 2 is 1.61 bits per heavy atom. The van der Waals surface area contributed by atoms with Gasteiger partial charge in [-0.1, -0.05) is 18.2 Å². The summed E-state index contributed by atoms with van der Waals surface area (Å²) in [4.78, 5) is 77.7. The van der Waals surface area contributed by atoms with Crippen LogP contribution in [0.5, 0.6) is 5.88 Å². The number of carboxylic acid groups (broad SMARTS) is 3. The van der Waals surface area contributed by atoms with Gasteiger partial charge >= 0.3 is 18.0 Å². The molecule has 2 aliphatic heterocycles. The standard InChI is InChI=1S/C28H34N6O10/c1-17(25(38)33-11-5-8-21(33)27(40)41)44-22-16-20(30-34(22)18-6-3-2-4-7-18)24(37)29-19(9-10-23(35)36)26(39)31-12-14-32(15-13-31)28(42)43/h2-4,6-7,16-17,19,21H,5,8-15H2,1H3,(H,29,37)(H,35,36)(H,40,41)(H,42,43). The molecule has 3 heterocycles. The lowest BCUT2D eigenvalue weighted by molar-refractivity contribution is -0.151. The number of hydrogen-bond donors (Lipinski definition) is 4. The predicted molar refractivity (Wildman–Crippen MR) is 150 cm³/mol. The van der Waals surface area contributed by atoms with Crippen molar-refractivity contribution in [2.24, 2.45) is 0 Å². The van der Waals surface area contributed by atoms with E-state index in [0.717, 1.165) is 4.90 Å². The van der Waals surface area contributed by atoms with Gasteiger partial charge in [-0.05, 0) is 38.3 Å². The summed E-state index contributed by atoms with van der Waals surface area (Å²) in [6.45, 7) is 2.04.